The van der Waals surface area contributed by atoms with Crippen LogP contribution in [0.1, 0.15) is 16.7 Å². The Morgan fingerprint density at radius 1 is 1.30 bits per heavy atom. The summed E-state index contributed by atoms with van der Waals surface area (Å²) in [4.78, 5) is 24.8. The van der Waals surface area contributed by atoms with Gasteiger partial charge in [0, 0.05) is 30.9 Å². The fraction of sp³-hybridized carbons (Fsp3) is 0.250. The van der Waals surface area contributed by atoms with Gasteiger partial charge in [0.05, 0.1) is 11.9 Å². The third-order valence-electron chi connectivity index (χ3n) is 4.78. The number of ether oxygens (including phenoxy) is 1. The minimum atomic E-state index is -0.204. The Hall–Kier alpha value is -3.19. The normalized spacial score (nSPS) is 14.0. The summed E-state index contributed by atoms with van der Waals surface area (Å²) in [7, 11) is 2.13. The van der Waals surface area contributed by atoms with Crippen molar-refractivity contribution in [1.82, 2.24) is 19.9 Å². The zero-order chi connectivity index (χ0) is 19.0. The van der Waals surface area contributed by atoms with Crippen molar-refractivity contribution < 1.29 is 4.74 Å². The van der Waals surface area contributed by atoms with Crippen LogP contribution >= 0.6 is 0 Å². The monoisotopic (exact) mass is 363 g/mol. The highest BCUT2D eigenvalue weighted by Crippen LogP contribution is 2.30. The second-order valence-corrected chi connectivity index (χ2v) is 6.85. The smallest absolute Gasteiger partial charge is 0.263 e. The van der Waals surface area contributed by atoms with Gasteiger partial charge < -0.3 is 20.4 Å². The van der Waals surface area contributed by atoms with Gasteiger partial charge in [0.1, 0.15) is 5.75 Å². The first-order valence-electron chi connectivity index (χ1n) is 8.80. The molecule has 0 saturated heterocycles. The molecule has 3 aromatic rings. The van der Waals surface area contributed by atoms with Crippen LogP contribution in [0, 0.1) is 6.92 Å². The number of nitrogens with zero attached hydrogens (tertiary/aromatic N) is 3. The third-order valence-corrected chi connectivity index (χ3v) is 4.78. The summed E-state index contributed by atoms with van der Waals surface area (Å²) in [6.45, 7) is 4.13. The molecule has 1 aliphatic heterocycles. The van der Waals surface area contributed by atoms with E-state index in [-0.39, 0.29) is 17.3 Å². The SMILES string of the molecule is Cc1cc(-c2cnc(N)c(Oc3ccc(=O)[nH]c3)n2)cc2c1CCN(C)C2. The van der Waals surface area contributed by atoms with Gasteiger partial charge in [-0.2, -0.15) is 0 Å². The summed E-state index contributed by atoms with van der Waals surface area (Å²) in [5.41, 5.74) is 11.4. The number of anilines is 1. The highest BCUT2D eigenvalue weighted by molar-refractivity contribution is 5.64. The van der Waals surface area contributed by atoms with Crippen molar-refractivity contribution in [3.63, 3.8) is 0 Å². The Kier molecular flexibility index (Phi) is 4.37. The number of aromatic amines is 1. The zero-order valence-electron chi connectivity index (χ0n) is 15.3. The lowest BCUT2D eigenvalue weighted by molar-refractivity contribution is 0.312. The number of nitrogens with one attached hydrogen (secondary N) is 1. The second kappa shape index (κ2) is 6.85. The maximum atomic E-state index is 11.2. The van der Waals surface area contributed by atoms with E-state index in [0.717, 1.165) is 25.1 Å². The predicted octanol–water partition coefficient (Wildman–Crippen LogP) is 2.50. The number of aromatic nitrogens is 3. The van der Waals surface area contributed by atoms with E-state index in [2.05, 4.69) is 46.0 Å². The number of aryl methyl sites for hydroxylation is 1. The number of fused-ring (bicyclic) bond motifs is 1. The number of nitrogen functional groups attached to an aromatic ring is 1. The molecule has 138 valence electrons. The van der Waals surface area contributed by atoms with Gasteiger partial charge in [-0.05, 0) is 55.3 Å². The molecule has 1 aromatic carbocycles. The molecular formula is C20H21N5O2. The number of pyridine rings is 1. The van der Waals surface area contributed by atoms with Crippen molar-refractivity contribution in [3.05, 3.63) is 63.7 Å². The number of likely N-dealkylation sites (N-methyl/N-ethyl adjacent to an activating group) is 1. The van der Waals surface area contributed by atoms with E-state index in [4.69, 9.17) is 10.5 Å². The lowest BCUT2D eigenvalue weighted by Gasteiger charge is -2.27. The largest absolute Gasteiger partial charge is 0.434 e. The van der Waals surface area contributed by atoms with Crippen molar-refractivity contribution >= 4 is 5.82 Å². The van der Waals surface area contributed by atoms with Crippen molar-refractivity contribution in [2.24, 2.45) is 0 Å². The molecule has 2 aromatic heterocycles. The van der Waals surface area contributed by atoms with E-state index in [1.807, 2.05) is 0 Å². The van der Waals surface area contributed by atoms with Crippen molar-refractivity contribution in [2.75, 3.05) is 19.3 Å². The number of benzene rings is 1. The zero-order valence-corrected chi connectivity index (χ0v) is 15.3. The van der Waals surface area contributed by atoms with Crippen molar-refractivity contribution in [2.45, 2.75) is 19.9 Å². The molecule has 3 heterocycles. The molecule has 4 rings (SSSR count). The molecule has 3 N–H and O–H groups in total. The maximum Gasteiger partial charge on any atom is 0.263 e. The minimum Gasteiger partial charge on any atom is -0.434 e. The van der Waals surface area contributed by atoms with Crippen LogP contribution in [0.15, 0.2) is 41.5 Å². The molecule has 0 unspecified atom stereocenters. The summed E-state index contributed by atoms with van der Waals surface area (Å²) in [6.07, 6.45) is 4.18. The third kappa shape index (κ3) is 3.54. The van der Waals surface area contributed by atoms with E-state index in [0.29, 0.717) is 11.4 Å². The number of hydrogen-bond donors (Lipinski definition) is 2. The maximum absolute atomic E-state index is 11.2. The molecule has 7 nitrogen and oxygen atoms in total. The van der Waals surface area contributed by atoms with Gasteiger partial charge in [0.25, 0.3) is 5.88 Å². The van der Waals surface area contributed by atoms with Crippen molar-refractivity contribution in [1.29, 1.82) is 0 Å². The quantitative estimate of drug-likeness (QED) is 0.742. The lowest BCUT2D eigenvalue weighted by Crippen LogP contribution is -2.27. The molecule has 1 aliphatic rings. The Bertz CT molecular complexity index is 1040. The van der Waals surface area contributed by atoms with Crippen LogP contribution in [-0.4, -0.2) is 33.4 Å². The van der Waals surface area contributed by atoms with Crippen molar-refractivity contribution in [3.8, 4) is 22.9 Å². The van der Waals surface area contributed by atoms with Gasteiger partial charge in [-0.25, -0.2) is 9.97 Å². The van der Waals surface area contributed by atoms with Gasteiger partial charge in [0.15, 0.2) is 5.82 Å². The molecule has 0 spiro atoms. The summed E-state index contributed by atoms with van der Waals surface area (Å²) >= 11 is 0. The fourth-order valence-corrected chi connectivity index (χ4v) is 3.38. The Morgan fingerprint density at radius 3 is 2.93 bits per heavy atom. The summed E-state index contributed by atoms with van der Waals surface area (Å²) in [5.74, 6) is 0.849. The Labute approximate surface area is 156 Å². The molecule has 27 heavy (non-hydrogen) atoms. The first-order chi connectivity index (χ1) is 13.0. The number of rotatable bonds is 3. The minimum absolute atomic E-state index is 0.194. The van der Waals surface area contributed by atoms with Gasteiger partial charge in [-0.15, -0.1) is 0 Å². The van der Waals surface area contributed by atoms with E-state index in [1.165, 1.54) is 29.0 Å². The molecule has 0 radical (unpaired) electrons. The van der Waals surface area contributed by atoms with Crippen LogP contribution in [0.25, 0.3) is 11.3 Å². The second-order valence-electron chi connectivity index (χ2n) is 6.85. The number of hydrogen-bond acceptors (Lipinski definition) is 6. The molecule has 0 amide bonds. The van der Waals surface area contributed by atoms with E-state index in [1.54, 1.807) is 12.3 Å². The molecular weight excluding hydrogens is 342 g/mol. The van der Waals surface area contributed by atoms with E-state index < -0.39 is 0 Å². The first-order valence-corrected chi connectivity index (χ1v) is 8.80. The molecule has 0 fully saturated rings. The van der Waals surface area contributed by atoms with Gasteiger partial charge >= 0.3 is 0 Å². The molecule has 0 bridgehead atoms. The molecule has 0 aliphatic carbocycles. The van der Waals surface area contributed by atoms with E-state index in [9.17, 15) is 4.79 Å². The molecule has 7 heteroatoms. The Balaban J connectivity index is 1.70. The van der Waals surface area contributed by atoms with Gasteiger partial charge in [-0.1, -0.05) is 0 Å². The van der Waals surface area contributed by atoms with Crippen LogP contribution < -0.4 is 16.0 Å². The number of H-pyrrole nitrogens is 1. The van der Waals surface area contributed by atoms with Crippen LogP contribution in [0.5, 0.6) is 11.6 Å². The van der Waals surface area contributed by atoms with Crippen LogP contribution in [-0.2, 0) is 13.0 Å². The average Bonchev–Trinajstić information content (AvgIpc) is 2.65. The van der Waals surface area contributed by atoms with E-state index >= 15 is 0 Å². The molecule has 0 atom stereocenters. The van der Waals surface area contributed by atoms with Gasteiger partial charge in [0.2, 0.25) is 5.56 Å². The Morgan fingerprint density at radius 2 is 2.15 bits per heavy atom. The van der Waals surface area contributed by atoms with Crippen LogP contribution in [0.3, 0.4) is 0 Å². The summed E-state index contributed by atoms with van der Waals surface area (Å²) < 4.78 is 5.71. The summed E-state index contributed by atoms with van der Waals surface area (Å²) in [6, 6.07) is 7.24. The highest BCUT2D eigenvalue weighted by Gasteiger charge is 2.17. The predicted molar refractivity (Wildman–Crippen MR) is 104 cm³/mol. The number of nitrogens with two attached hydrogens (primary N) is 1. The average molecular weight is 363 g/mol. The highest BCUT2D eigenvalue weighted by atomic mass is 16.5. The lowest BCUT2D eigenvalue weighted by atomic mass is 9.92. The van der Waals surface area contributed by atoms with Crippen LogP contribution in [0.2, 0.25) is 0 Å². The molecule has 0 saturated carbocycles. The van der Waals surface area contributed by atoms with Crippen LogP contribution in [0.4, 0.5) is 5.82 Å². The summed E-state index contributed by atoms with van der Waals surface area (Å²) in [5, 5.41) is 0. The fourth-order valence-electron chi connectivity index (χ4n) is 3.38. The van der Waals surface area contributed by atoms with Gasteiger partial charge in [-0.3, -0.25) is 4.79 Å². The standard InChI is InChI=1S/C20H21N5O2/c1-12-7-13(8-14-11-25(2)6-5-16(12)14)17-10-23-19(21)20(24-17)27-15-3-4-18(26)22-9-15/h3-4,7-10H,5-6,11H2,1-2H3,(H2,21,23)(H,22,26). The first kappa shape index (κ1) is 17.2. The topological polar surface area (TPSA) is 97.1 Å².